The Balaban J connectivity index is 2.11. The quantitative estimate of drug-likeness (QED) is 0.191. The third-order valence-corrected chi connectivity index (χ3v) is 6.09. The van der Waals surface area contributed by atoms with E-state index < -0.39 is 53.9 Å². The fourth-order valence-electron chi connectivity index (χ4n) is 4.52. The Morgan fingerprint density at radius 2 is 1.74 bits per heavy atom. The van der Waals surface area contributed by atoms with Gasteiger partial charge in [-0.25, -0.2) is 4.39 Å². The highest BCUT2D eigenvalue weighted by molar-refractivity contribution is 5.60. The second kappa shape index (κ2) is 10.6. The highest BCUT2D eigenvalue weighted by atomic mass is 19.4. The monoisotopic (exact) mass is 547 g/mol. The van der Waals surface area contributed by atoms with Crippen molar-refractivity contribution in [1.29, 1.82) is 5.26 Å². The first-order valence-electron chi connectivity index (χ1n) is 11.8. The van der Waals surface area contributed by atoms with E-state index in [0.717, 1.165) is 23.1 Å². The van der Waals surface area contributed by atoms with Gasteiger partial charge in [-0.15, -0.1) is 0 Å². The molecule has 2 atom stereocenters. The van der Waals surface area contributed by atoms with E-state index in [1.807, 2.05) is 6.19 Å². The summed E-state index contributed by atoms with van der Waals surface area (Å²) in [5.41, 5.74) is -3.00. The summed E-state index contributed by atoms with van der Waals surface area (Å²) in [6.45, 7) is 5.93. The van der Waals surface area contributed by atoms with Crippen LogP contribution in [0.25, 0.3) is 0 Å². The molecule has 0 saturated carbocycles. The summed E-state index contributed by atoms with van der Waals surface area (Å²) in [5.74, 6) is -1.13. The number of halogens is 7. The lowest BCUT2D eigenvalue weighted by molar-refractivity contribution is -0.165. The molecule has 2 aromatic rings. The molecule has 0 aromatic heterocycles. The zero-order valence-electron chi connectivity index (χ0n) is 21.2. The lowest BCUT2D eigenvalue weighted by Gasteiger charge is -2.35. The van der Waals surface area contributed by atoms with Crippen molar-refractivity contribution >= 4 is 5.69 Å². The molecule has 3 rings (SSSR count). The maximum absolute atomic E-state index is 14.0. The SMILES string of the molecule is Cc1cc2c(cc1C(F)(F)F)N(C(O)OC(C)(C)C)CCC[C@@H]2N(C#N)Cc1cc(F)cc(C(F)(F)F)c1. The summed E-state index contributed by atoms with van der Waals surface area (Å²) < 4.78 is 101. The Kier molecular flexibility index (Phi) is 8.24. The number of ether oxygens (including phenoxy) is 1. The Morgan fingerprint density at radius 1 is 1.08 bits per heavy atom. The van der Waals surface area contributed by atoms with Gasteiger partial charge in [0.05, 0.1) is 29.3 Å². The Morgan fingerprint density at radius 3 is 2.29 bits per heavy atom. The highest BCUT2D eigenvalue weighted by Gasteiger charge is 2.38. The molecule has 1 N–H and O–H groups in total. The molecule has 1 aliphatic heterocycles. The zero-order chi connectivity index (χ0) is 28.6. The van der Waals surface area contributed by atoms with Crippen LogP contribution in [-0.4, -0.2) is 28.6 Å². The summed E-state index contributed by atoms with van der Waals surface area (Å²) in [6.07, 6.45) is -8.67. The van der Waals surface area contributed by atoms with Gasteiger partial charge in [0, 0.05) is 12.2 Å². The minimum absolute atomic E-state index is 0.0161. The lowest BCUT2D eigenvalue weighted by Crippen LogP contribution is -2.42. The Bertz CT molecular complexity index is 1200. The molecule has 38 heavy (non-hydrogen) atoms. The van der Waals surface area contributed by atoms with Crippen LogP contribution in [0.1, 0.15) is 67.5 Å². The van der Waals surface area contributed by atoms with Crippen molar-refractivity contribution in [3.05, 3.63) is 64.0 Å². The van der Waals surface area contributed by atoms with E-state index in [1.54, 1.807) is 20.8 Å². The number of nitrogens with zero attached hydrogens (tertiary/aromatic N) is 3. The van der Waals surface area contributed by atoms with Crippen LogP contribution in [0.4, 0.5) is 36.4 Å². The number of benzene rings is 2. The maximum atomic E-state index is 14.0. The first-order valence-corrected chi connectivity index (χ1v) is 11.8. The van der Waals surface area contributed by atoms with Crippen LogP contribution in [0.5, 0.6) is 0 Å². The number of hydrogen-bond donors (Lipinski definition) is 1. The fraction of sp³-hybridized carbons (Fsp3) is 0.500. The molecule has 0 radical (unpaired) electrons. The molecule has 208 valence electrons. The molecule has 0 saturated heterocycles. The van der Waals surface area contributed by atoms with Gasteiger partial charge < -0.3 is 14.7 Å². The van der Waals surface area contributed by atoms with Gasteiger partial charge in [0.15, 0.2) is 6.19 Å². The minimum atomic E-state index is -4.81. The minimum Gasteiger partial charge on any atom is -0.351 e. The van der Waals surface area contributed by atoms with Gasteiger partial charge in [0.1, 0.15) is 5.82 Å². The number of aryl methyl sites for hydroxylation is 1. The summed E-state index contributed by atoms with van der Waals surface area (Å²) in [5, 5.41) is 20.7. The number of nitriles is 1. The van der Waals surface area contributed by atoms with Crippen molar-refractivity contribution in [2.75, 3.05) is 11.4 Å². The fourth-order valence-corrected chi connectivity index (χ4v) is 4.52. The van der Waals surface area contributed by atoms with E-state index in [-0.39, 0.29) is 35.3 Å². The third kappa shape index (κ3) is 6.88. The van der Waals surface area contributed by atoms with Gasteiger partial charge in [0.25, 0.3) is 0 Å². The van der Waals surface area contributed by atoms with Crippen LogP contribution < -0.4 is 4.90 Å². The van der Waals surface area contributed by atoms with Gasteiger partial charge in [-0.3, -0.25) is 4.90 Å². The highest BCUT2D eigenvalue weighted by Crippen LogP contribution is 2.43. The maximum Gasteiger partial charge on any atom is 0.416 e. The largest absolute Gasteiger partial charge is 0.416 e. The molecule has 0 fully saturated rings. The normalized spacial score (nSPS) is 17.4. The third-order valence-electron chi connectivity index (χ3n) is 6.09. The van der Waals surface area contributed by atoms with E-state index in [0.29, 0.717) is 12.5 Å². The van der Waals surface area contributed by atoms with E-state index in [4.69, 9.17) is 4.74 Å². The lowest BCUT2D eigenvalue weighted by atomic mass is 9.94. The van der Waals surface area contributed by atoms with Gasteiger partial charge in [-0.05, 0) is 81.5 Å². The van der Waals surface area contributed by atoms with Gasteiger partial charge >= 0.3 is 12.4 Å². The smallest absolute Gasteiger partial charge is 0.351 e. The molecule has 1 aliphatic rings. The molecule has 2 aromatic carbocycles. The van der Waals surface area contributed by atoms with Gasteiger partial charge in [0.2, 0.25) is 6.41 Å². The predicted molar refractivity (Wildman–Crippen MR) is 125 cm³/mol. The van der Waals surface area contributed by atoms with Crippen molar-refractivity contribution in [2.24, 2.45) is 0 Å². The van der Waals surface area contributed by atoms with E-state index in [9.17, 15) is 41.1 Å². The topological polar surface area (TPSA) is 59.7 Å². The Hall–Kier alpha value is -3.04. The standard InChI is InChI=1S/C26H28F7N3O2/c1-15-8-19-21(35(14-34)13-16-9-17(25(28,29)30)11-18(27)10-16)6-5-7-36(23(37)38-24(2,3)4)22(19)12-20(15)26(31,32)33/h8-12,21,23,37H,5-7,13H2,1-4H3/t21-,23?/m0/s1. The van der Waals surface area contributed by atoms with Crippen molar-refractivity contribution in [2.45, 2.75) is 77.5 Å². The first-order chi connectivity index (χ1) is 17.4. The number of fused-ring (bicyclic) bond motifs is 1. The molecule has 0 aliphatic carbocycles. The van der Waals surface area contributed by atoms with Crippen molar-refractivity contribution in [3.63, 3.8) is 0 Å². The molecular formula is C26H28F7N3O2. The van der Waals surface area contributed by atoms with Crippen LogP contribution in [-0.2, 0) is 23.6 Å². The average Bonchev–Trinajstić information content (AvgIpc) is 2.93. The summed E-state index contributed by atoms with van der Waals surface area (Å²) >= 11 is 0. The summed E-state index contributed by atoms with van der Waals surface area (Å²) in [6, 6.07) is 3.25. The van der Waals surface area contributed by atoms with Crippen LogP contribution in [0.2, 0.25) is 0 Å². The van der Waals surface area contributed by atoms with Crippen molar-refractivity contribution in [3.8, 4) is 6.19 Å². The summed E-state index contributed by atoms with van der Waals surface area (Å²) in [7, 11) is 0. The predicted octanol–water partition coefficient (Wildman–Crippen LogP) is 6.89. The van der Waals surface area contributed by atoms with Crippen LogP contribution in [0, 0.1) is 24.2 Å². The number of aliphatic hydroxyl groups excluding tert-OH is 1. The molecule has 12 heteroatoms. The molecule has 0 bridgehead atoms. The van der Waals surface area contributed by atoms with Crippen LogP contribution in [0.3, 0.4) is 0 Å². The van der Waals surface area contributed by atoms with Crippen LogP contribution >= 0.6 is 0 Å². The number of aliphatic hydroxyl groups is 1. The van der Waals surface area contributed by atoms with Gasteiger partial charge in [-0.1, -0.05) is 6.07 Å². The number of hydrogen-bond acceptors (Lipinski definition) is 5. The van der Waals surface area contributed by atoms with E-state index in [1.165, 1.54) is 17.9 Å². The van der Waals surface area contributed by atoms with Crippen molar-refractivity contribution in [1.82, 2.24) is 4.90 Å². The molecule has 0 spiro atoms. The molecule has 5 nitrogen and oxygen atoms in total. The molecule has 1 heterocycles. The van der Waals surface area contributed by atoms with Crippen LogP contribution in [0.15, 0.2) is 30.3 Å². The average molecular weight is 548 g/mol. The summed E-state index contributed by atoms with van der Waals surface area (Å²) in [4.78, 5) is 2.38. The first kappa shape index (κ1) is 29.5. The molecular weight excluding hydrogens is 519 g/mol. The second-order valence-corrected chi connectivity index (χ2v) is 10.2. The zero-order valence-corrected chi connectivity index (χ0v) is 21.2. The number of anilines is 1. The second-order valence-electron chi connectivity index (χ2n) is 10.2. The number of rotatable bonds is 5. The van der Waals surface area contributed by atoms with E-state index in [2.05, 4.69) is 0 Å². The molecule has 0 amide bonds. The Labute approximate surface area is 216 Å². The van der Waals surface area contributed by atoms with Crippen molar-refractivity contribution < 1.29 is 40.6 Å². The molecule has 1 unspecified atom stereocenters. The number of alkyl halides is 6. The van der Waals surface area contributed by atoms with Gasteiger partial charge in [-0.2, -0.15) is 31.6 Å². The van der Waals surface area contributed by atoms with E-state index >= 15 is 0 Å².